The van der Waals surface area contributed by atoms with E-state index in [4.69, 9.17) is 24.7 Å². The molecule has 76 heavy (non-hydrogen) atoms. The number of ether oxygens (including phenoxy) is 4. The van der Waals surface area contributed by atoms with E-state index in [0.29, 0.717) is 79.2 Å². The fourth-order valence-corrected chi connectivity index (χ4v) is 17.4. The smallest absolute Gasteiger partial charge is 0.302 e. The number of esters is 1. The normalized spacial score (nSPS) is 30.9. The lowest BCUT2D eigenvalue weighted by molar-refractivity contribution is -0.142. The largest absolute Gasteiger partial charge is 0.508 e. The summed E-state index contributed by atoms with van der Waals surface area (Å²) in [4.78, 5) is 26.2. The minimum atomic E-state index is -0.718. The number of aliphatic hydroxyl groups is 1. The second-order valence-electron chi connectivity index (χ2n) is 23.1. The van der Waals surface area contributed by atoms with Crippen LogP contribution in [-0.2, 0) is 39.1 Å². The number of hydrogen-bond acceptors (Lipinski definition) is 15. The summed E-state index contributed by atoms with van der Waals surface area (Å²) in [6, 6.07) is 8.10. The van der Waals surface area contributed by atoms with E-state index in [-0.39, 0.29) is 73.0 Å². The number of aliphatic hydroxyl groups excluding tert-OH is 1. The summed E-state index contributed by atoms with van der Waals surface area (Å²) in [6.45, 7) is 1.80. The van der Waals surface area contributed by atoms with E-state index in [1.807, 2.05) is 33.7 Å². The molecule has 0 amide bonds. The van der Waals surface area contributed by atoms with E-state index in [0.717, 1.165) is 106 Å². The quantitative estimate of drug-likeness (QED) is 0.0609. The van der Waals surface area contributed by atoms with E-state index in [9.17, 15) is 24.9 Å². The maximum absolute atomic E-state index is 13.2. The molecule has 11 unspecified atom stereocenters. The summed E-state index contributed by atoms with van der Waals surface area (Å²) >= 11 is 0. The molecule has 1 spiro atoms. The number of hydrogen-bond donors (Lipinski definition) is 7. The van der Waals surface area contributed by atoms with Gasteiger partial charge in [-0.3, -0.25) is 9.59 Å². The van der Waals surface area contributed by atoms with Crippen molar-refractivity contribution in [3.63, 3.8) is 0 Å². The Balaban J connectivity index is 1.08. The summed E-state index contributed by atoms with van der Waals surface area (Å²) in [6.07, 6.45) is 19.1. The molecule has 4 fully saturated rings. The van der Waals surface area contributed by atoms with E-state index in [1.54, 1.807) is 13.2 Å². The number of carbonyl (C=O) groups is 2. The van der Waals surface area contributed by atoms with Gasteiger partial charge in [-0.2, -0.15) is 0 Å². The molecule has 12 rings (SSSR count). The monoisotopic (exact) mass is 1070 g/mol. The highest BCUT2D eigenvalue weighted by Gasteiger charge is 2.52. The van der Waals surface area contributed by atoms with Gasteiger partial charge in [0, 0.05) is 107 Å². The highest BCUT2D eigenvalue weighted by Crippen LogP contribution is 2.63. The molecule has 5 aliphatic heterocycles. The number of nitrogens with one attached hydrogen (secondary N) is 3. The Labute approximate surface area is 454 Å². The first-order valence-corrected chi connectivity index (χ1v) is 30.4. The first-order chi connectivity index (χ1) is 37.0. The molecule has 3 aromatic rings. The number of phenolic OH excluding ortho intramolecular Hbond substituents is 2. The first kappa shape index (κ1) is 51.7. The molecule has 1 saturated heterocycles. The lowest BCUT2D eigenvalue weighted by atomic mass is 9.65. The second-order valence-corrected chi connectivity index (χ2v) is 25.6. The molecule has 4 aliphatic carbocycles. The van der Waals surface area contributed by atoms with Crippen molar-refractivity contribution < 1.29 is 43.9 Å². The zero-order valence-corrected chi connectivity index (χ0v) is 45.4. The SMILES string of the molecule is COc1cc(O)cc2c1-c1ccc3c4c1C1(CCC(CC5=C(C#CCc6c(CNC7CCC(=O)C(CCCO)C7)c(O)c7c(c6C(O4)C3COC(C)=O)C=CC3NC4CCCC(CSSCC3O7)C4)NC(N)C=C5)C1)C2. The molecule has 0 aromatic heterocycles. The van der Waals surface area contributed by atoms with Crippen LogP contribution in [0.3, 0.4) is 0 Å². The number of allylic oxidation sites excluding steroid dienone is 3. The number of nitrogens with two attached hydrogens (primary N) is 1. The predicted octanol–water partition coefficient (Wildman–Crippen LogP) is 9.08. The van der Waals surface area contributed by atoms with Crippen LogP contribution in [0, 0.1) is 29.6 Å². The molecule has 8 N–H and O–H groups in total. The number of aromatic hydroxyl groups is 2. The average Bonchev–Trinajstić information content (AvgIpc) is 4.15. The van der Waals surface area contributed by atoms with E-state index in [2.05, 4.69) is 58.2 Å². The summed E-state index contributed by atoms with van der Waals surface area (Å²) in [5.74, 6) is 11.2. The average molecular weight is 1070 g/mol. The maximum Gasteiger partial charge on any atom is 0.302 e. The van der Waals surface area contributed by atoms with Crippen LogP contribution in [0.2, 0.25) is 0 Å². The Kier molecular flexibility index (Phi) is 14.7. The van der Waals surface area contributed by atoms with Crippen molar-refractivity contribution >= 4 is 39.4 Å². The maximum atomic E-state index is 13.2. The van der Waals surface area contributed by atoms with E-state index >= 15 is 0 Å². The van der Waals surface area contributed by atoms with Gasteiger partial charge in [0.05, 0.1) is 30.9 Å². The third kappa shape index (κ3) is 9.82. The highest BCUT2D eigenvalue weighted by atomic mass is 33.1. The Bertz CT molecular complexity index is 2960. The number of benzene rings is 3. The number of ketones is 1. The molecule has 5 heterocycles. The minimum Gasteiger partial charge on any atom is -0.508 e. The van der Waals surface area contributed by atoms with E-state index < -0.39 is 24.2 Å². The molecule has 13 nitrogen and oxygen atoms in total. The molecular formula is C61H72N4O9S2. The number of rotatable bonds is 9. The van der Waals surface area contributed by atoms with Gasteiger partial charge in [0.2, 0.25) is 0 Å². The number of Topliss-reactive ketones (excluding diaryl/α,β-unsaturated/α-hetero) is 1. The van der Waals surface area contributed by atoms with Gasteiger partial charge in [0.25, 0.3) is 0 Å². The number of phenols is 2. The van der Waals surface area contributed by atoms with Gasteiger partial charge >= 0.3 is 5.97 Å². The zero-order chi connectivity index (χ0) is 52.2. The van der Waals surface area contributed by atoms with Crippen LogP contribution in [0.4, 0.5) is 0 Å². The van der Waals surface area contributed by atoms with Crippen LogP contribution >= 0.6 is 21.6 Å². The third-order valence-corrected chi connectivity index (χ3v) is 20.8. The Hall–Kier alpha value is -5.08. The molecule has 0 radical (unpaired) electrons. The lowest BCUT2D eigenvalue weighted by Gasteiger charge is -2.39. The summed E-state index contributed by atoms with van der Waals surface area (Å²) in [5.41, 5.74) is 16.2. The van der Waals surface area contributed by atoms with Gasteiger partial charge < -0.3 is 56.0 Å². The lowest BCUT2D eigenvalue weighted by Crippen LogP contribution is -2.49. The zero-order valence-electron chi connectivity index (χ0n) is 43.7. The minimum absolute atomic E-state index is 0.0138. The number of carbonyl (C=O) groups excluding carboxylic acids is 2. The van der Waals surface area contributed by atoms with Gasteiger partial charge in [-0.1, -0.05) is 64.3 Å². The highest BCUT2D eigenvalue weighted by molar-refractivity contribution is 8.76. The standard InChI is InChI=1S/C61H72N4O9S2/c1-33(67)72-30-47-43-13-14-44-54-38(25-41(68)26-51(54)71-2)28-61-20-19-34(27-61)22-36-11-18-53(62)65-48(36)10-4-9-42-46(29-63-39-12-17-50(69)37(24-39)7-5-21-66)57(70)60-45(55(42)58(47)74-59(43)56(44)61)15-16-49-52(73-60)32-76-75-31-35-6-3-8-40(23-35)64-49/h11,13-16,18,25-26,34-35,37,39-40,47,49,52-53,58,63-66,68,70H,3,5-9,12,17,19-24,27-32,62H2,1-2H3. The fourth-order valence-electron chi connectivity index (χ4n) is 14.7. The molecule has 11 atom stereocenters. The Morgan fingerprint density at radius 2 is 1.92 bits per heavy atom. The van der Waals surface area contributed by atoms with Gasteiger partial charge in [-0.15, -0.1) is 0 Å². The molecular weight excluding hydrogens is 997 g/mol. The van der Waals surface area contributed by atoms with Crippen molar-refractivity contribution in [2.24, 2.45) is 23.5 Å². The fraction of sp³-hybridized carbons (Fsp3) is 0.541. The van der Waals surface area contributed by atoms with Crippen molar-refractivity contribution in [3.05, 3.63) is 92.7 Å². The van der Waals surface area contributed by atoms with Gasteiger partial charge in [0.15, 0.2) is 11.5 Å². The topological polar surface area (TPSA) is 194 Å². The van der Waals surface area contributed by atoms with Crippen molar-refractivity contribution in [1.82, 2.24) is 16.0 Å². The number of methoxy groups -OCH3 is 1. The molecule has 3 saturated carbocycles. The van der Waals surface area contributed by atoms with Crippen LogP contribution in [0.15, 0.2) is 53.8 Å². The molecule has 6 bridgehead atoms. The summed E-state index contributed by atoms with van der Waals surface area (Å²) < 4.78 is 27.3. The van der Waals surface area contributed by atoms with Gasteiger partial charge in [-0.05, 0) is 129 Å². The molecule has 402 valence electrons. The van der Waals surface area contributed by atoms with Crippen molar-refractivity contribution in [3.8, 4) is 51.7 Å². The van der Waals surface area contributed by atoms with Crippen LogP contribution in [0.5, 0.6) is 28.7 Å². The van der Waals surface area contributed by atoms with Crippen LogP contribution in [0.1, 0.15) is 141 Å². The van der Waals surface area contributed by atoms with Crippen molar-refractivity contribution in [1.29, 1.82) is 0 Å². The predicted molar refractivity (Wildman–Crippen MR) is 297 cm³/mol. The van der Waals surface area contributed by atoms with Crippen LogP contribution in [-0.4, -0.2) is 89.3 Å². The molecule has 3 aromatic carbocycles. The van der Waals surface area contributed by atoms with Crippen LogP contribution in [0.25, 0.3) is 17.2 Å². The van der Waals surface area contributed by atoms with Gasteiger partial charge in [0.1, 0.15) is 41.8 Å². The molecule has 15 heteroatoms. The third-order valence-electron chi connectivity index (χ3n) is 18.2. The first-order valence-electron chi connectivity index (χ1n) is 27.9. The second kappa shape index (κ2) is 21.6. The van der Waals surface area contributed by atoms with Crippen molar-refractivity contribution in [2.45, 2.75) is 158 Å². The Morgan fingerprint density at radius 1 is 1.04 bits per heavy atom. The summed E-state index contributed by atoms with van der Waals surface area (Å²) in [5, 5.41) is 45.4. The van der Waals surface area contributed by atoms with Gasteiger partial charge in [-0.25, -0.2) is 0 Å². The number of dihydropyridines is 1. The van der Waals surface area contributed by atoms with E-state index in [1.165, 1.54) is 19.8 Å². The van der Waals surface area contributed by atoms with Crippen molar-refractivity contribution in [2.75, 3.05) is 31.8 Å². The number of fused-ring (bicyclic) bond motifs is 11. The Morgan fingerprint density at radius 3 is 2.78 bits per heavy atom. The summed E-state index contributed by atoms with van der Waals surface area (Å²) in [7, 11) is 5.41. The molecule has 9 aliphatic rings. The van der Waals surface area contributed by atoms with Crippen LogP contribution < -0.4 is 35.9 Å².